The minimum Gasteiger partial charge on any atom is -0.421 e. The van der Waals surface area contributed by atoms with E-state index in [9.17, 15) is 14.0 Å². The Morgan fingerprint density at radius 3 is 2.42 bits per heavy atom. The molecule has 11 nitrogen and oxygen atoms in total. The van der Waals surface area contributed by atoms with Gasteiger partial charge in [-0.05, 0) is 54.4 Å². The van der Waals surface area contributed by atoms with E-state index in [-0.39, 0.29) is 17.3 Å². The van der Waals surface area contributed by atoms with Gasteiger partial charge in [-0.2, -0.15) is 5.10 Å². The lowest BCUT2D eigenvalue weighted by atomic mass is 9.96. The van der Waals surface area contributed by atoms with Crippen LogP contribution in [0.1, 0.15) is 16.1 Å². The number of nitrogens with one attached hydrogen (secondary N) is 1. The van der Waals surface area contributed by atoms with Gasteiger partial charge < -0.3 is 15.8 Å². The molecule has 0 radical (unpaired) electrons. The number of anilines is 1. The van der Waals surface area contributed by atoms with Crippen LogP contribution in [0.3, 0.4) is 0 Å². The van der Waals surface area contributed by atoms with Crippen LogP contribution >= 0.6 is 0 Å². The lowest BCUT2D eigenvalue weighted by Crippen LogP contribution is -2.12. The number of primary amides is 1. The number of hydrogen-bond acceptors (Lipinski definition) is 7. The Kier molecular flexibility index (Phi) is 7.34. The van der Waals surface area contributed by atoms with Crippen molar-refractivity contribution in [2.45, 2.75) is 6.92 Å². The first-order chi connectivity index (χ1) is 21.6. The summed E-state index contributed by atoms with van der Waals surface area (Å²) in [6.07, 6.45) is 6.45. The summed E-state index contributed by atoms with van der Waals surface area (Å²) in [7, 11) is 1.77. The molecule has 2 aromatic carbocycles. The predicted octanol–water partition coefficient (Wildman–Crippen LogP) is 5.62. The molecule has 0 saturated carbocycles. The van der Waals surface area contributed by atoms with Crippen molar-refractivity contribution in [3.63, 3.8) is 0 Å². The molecule has 0 unspecified atom stereocenters. The average molecular weight is 607 g/mol. The molecule has 0 aliphatic carbocycles. The fraction of sp³-hybridized carbons (Fsp3) is 0.0625. The number of carbonyl (C=O) groups excluding carboxylic acids is 2. The molecule has 6 aromatic rings. The van der Waals surface area contributed by atoms with Gasteiger partial charge in [0.2, 0.25) is 0 Å². The molecular weight excluding hydrogens is 582 g/mol. The number of aromatic nitrogens is 6. The summed E-state index contributed by atoms with van der Waals surface area (Å²) < 4.78 is 37.7. The maximum absolute atomic E-state index is 15.6. The van der Waals surface area contributed by atoms with Gasteiger partial charge >= 0.3 is 6.01 Å². The first-order valence-corrected chi connectivity index (χ1v) is 13.5. The molecule has 3 N–H and O–H groups in total. The zero-order valence-electron chi connectivity index (χ0n) is 24.0. The molecule has 0 aliphatic heterocycles. The summed E-state index contributed by atoms with van der Waals surface area (Å²) in [4.78, 5) is 37.7. The Hall–Kier alpha value is -6.24. The lowest BCUT2D eigenvalue weighted by molar-refractivity contribution is -0.114. The first kappa shape index (κ1) is 28.9. The number of aryl methyl sites for hydroxylation is 2. The molecule has 6 rings (SSSR count). The predicted molar refractivity (Wildman–Crippen MR) is 162 cm³/mol. The van der Waals surface area contributed by atoms with E-state index < -0.39 is 23.5 Å². The van der Waals surface area contributed by atoms with E-state index in [0.29, 0.717) is 50.5 Å². The molecule has 0 atom stereocenters. The zero-order chi connectivity index (χ0) is 31.8. The van der Waals surface area contributed by atoms with Crippen molar-refractivity contribution in [3.8, 4) is 45.4 Å². The van der Waals surface area contributed by atoms with Crippen molar-refractivity contribution in [2.24, 2.45) is 12.8 Å². The molecule has 45 heavy (non-hydrogen) atoms. The lowest BCUT2D eigenvalue weighted by Gasteiger charge is -2.11. The Morgan fingerprint density at radius 2 is 1.78 bits per heavy atom. The number of rotatable bonds is 8. The molecule has 0 aliphatic rings. The second kappa shape index (κ2) is 11.4. The SMILES string of the molecule is C=C(F)C(=O)Nc1ccc(-c2c(-c3ccc(Oc4nccc(C)n4)c(F)c3)c(C(N)=O)c3cc(-c4cnn(C)c4)ncn23)cc1. The zero-order valence-corrected chi connectivity index (χ0v) is 24.0. The minimum atomic E-state index is -1.14. The van der Waals surface area contributed by atoms with Gasteiger partial charge in [0, 0.05) is 41.9 Å². The molecule has 13 heteroatoms. The van der Waals surface area contributed by atoms with Crippen LogP contribution in [0, 0.1) is 12.7 Å². The second-order valence-corrected chi connectivity index (χ2v) is 10.1. The summed E-state index contributed by atoms with van der Waals surface area (Å²) in [5.74, 6) is -3.72. The van der Waals surface area contributed by atoms with Crippen molar-refractivity contribution in [1.82, 2.24) is 29.1 Å². The van der Waals surface area contributed by atoms with Gasteiger partial charge in [0.15, 0.2) is 17.4 Å². The summed E-state index contributed by atoms with van der Waals surface area (Å²) >= 11 is 0. The van der Waals surface area contributed by atoms with E-state index in [0.717, 1.165) is 0 Å². The number of carbonyl (C=O) groups is 2. The molecule has 2 amide bonds. The molecule has 0 spiro atoms. The van der Waals surface area contributed by atoms with Gasteiger partial charge in [0.05, 0.1) is 28.7 Å². The molecule has 224 valence electrons. The average Bonchev–Trinajstić information content (AvgIpc) is 3.59. The maximum atomic E-state index is 15.6. The highest BCUT2D eigenvalue weighted by Crippen LogP contribution is 2.41. The molecule has 0 saturated heterocycles. The van der Waals surface area contributed by atoms with E-state index in [1.165, 1.54) is 24.7 Å². The highest BCUT2D eigenvalue weighted by molar-refractivity contribution is 6.11. The Bertz CT molecular complexity index is 2140. The van der Waals surface area contributed by atoms with Gasteiger partial charge in [-0.1, -0.05) is 24.8 Å². The molecular formula is C32H24F2N8O3. The van der Waals surface area contributed by atoms with Crippen molar-refractivity contribution in [1.29, 1.82) is 0 Å². The number of benzene rings is 2. The third-order valence-corrected chi connectivity index (χ3v) is 6.93. The minimum absolute atomic E-state index is 0.0210. The largest absolute Gasteiger partial charge is 0.421 e. The molecule has 0 fully saturated rings. The van der Waals surface area contributed by atoms with E-state index in [1.807, 2.05) is 0 Å². The van der Waals surface area contributed by atoms with Crippen LogP contribution < -0.4 is 15.8 Å². The number of ether oxygens (including phenoxy) is 1. The van der Waals surface area contributed by atoms with Crippen molar-refractivity contribution < 1.29 is 23.1 Å². The number of amides is 2. The van der Waals surface area contributed by atoms with Gasteiger partial charge in [0.25, 0.3) is 11.8 Å². The van der Waals surface area contributed by atoms with Crippen LogP contribution in [0.15, 0.2) is 91.9 Å². The maximum Gasteiger partial charge on any atom is 0.322 e. The monoisotopic (exact) mass is 606 g/mol. The van der Waals surface area contributed by atoms with Crippen molar-refractivity contribution >= 4 is 23.0 Å². The van der Waals surface area contributed by atoms with Crippen molar-refractivity contribution in [2.75, 3.05) is 5.32 Å². The topological polar surface area (TPSA) is 142 Å². The Balaban J connectivity index is 1.54. The quantitative estimate of drug-likeness (QED) is 0.214. The fourth-order valence-electron chi connectivity index (χ4n) is 4.90. The van der Waals surface area contributed by atoms with Gasteiger partial charge in [-0.3, -0.25) is 18.7 Å². The summed E-state index contributed by atoms with van der Waals surface area (Å²) in [6, 6.07) is 14.0. The van der Waals surface area contributed by atoms with Gasteiger partial charge in [0.1, 0.15) is 6.33 Å². The van der Waals surface area contributed by atoms with E-state index in [2.05, 4.69) is 31.9 Å². The molecule has 4 aromatic heterocycles. The van der Waals surface area contributed by atoms with E-state index in [4.69, 9.17) is 10.5 Å². The standard InChI is InChI=1S/C32H24F2N8O3/c1-17-10-11-36-32(39-17)45-26-9-6-20(12-23(26)34)27-28(30(35)43)25-13-24(21-14-38-41(3)15-21)37-16-42(25)29(27)19-4-7-22(8-5-19)40-31(44)18(2)33/h4-16H,2H2,1,3H3,(H2,35,43)(H,40,44). The first-order valence-electron chi connectivity index (χ1n) is 13.5. The van der Waals surface area contributed by atoms with E-state index in [1.54, 1.807) is 77.9 Å². The number of nitrogens with two attached hydrogens (primary N) is 1. The summed E-state index contributed by atoms with van der Waals surface area (Å²) in [6.45, 7) is 4.76. The summed E-state index contributed by atoms with van der Waals surface area (Å²) in [5, 5.41) is 6.60. The Morgan fingerprint density at radius 1 is 1.02 bits per heavy atom. The van der Waals surface area contributed by atoms with E-state index >= 15 is 4.39 Å². The molecule has 4 heterocycles. The highest BCUT2D eigenvalue weighted by atomic mass is 19.1. The number of nitrogens with zero attached hydrogens (tertiary/aromatic N) is 6. The van der Waals surface area contributed by atoms with Gasteiger partial charge in [-0.15, -0.1) is 0 Å². The van der Waals surface area contributed by atoms with Crippen LogP contribution in [0.2, 0.25) is 0 Å². The third kappa shape index (κ3) is 5.61. The van der Waals surface area contributed by atoms with Crippen LogP contribution in [0.4, 0.5) is 14.5 Å². The van der Waals surface area contributed by atoms with Crippen molar-refractivity contribution in [3.05, 3.63) is 109 Å². The normalized spacial score (nSPS) is 11.0. The number of halogens is 2. The van der Waals surface area contributed by atoms with Crippen LogP contribution in [-0.4, -0.2) is 40.9 Å². The number of hydrogen-bond donors (Lipinski definition) is 2. The Labute approximate surface area is 254 Å². The van der Waals surface area contributed by atoms with Gasteiger partial charge in [-0.25, -0.2) is 23.7 Å². The molecule has 0 bridgehead atoms. The van der Waals surface area contributed by atoms with Crippen LogP contribution in [0.5, 0.6) is 11.8 Å². The second-order valence-electron chi connectivity index (χ2n) is 10.1. The summed E-state index contributed by atoms with van der Waals surface area (Å²) in [5.41, 5.74) is 10.4. The van der Waals surface area contributed by atoms with Crippen LogP contribution in [0.25, 0.3) is 39.2 Å². The smallest absolute Gasteiger partial charge is 0.322 e. The number of fused-ring (bicyclic) bond motifs is 1. The fourth-order valence-corrected chi connectivity index (χ4v) is 4.90. The highest BCUT2D eigenvalue weighted by Gasteiger charge is 2.26. The third-order valence-electron chi connectivity index (χ3n) is 6.93. The van der Waals surface area contributed by atoms with Crippen LogP contribution in [-0.2, 0) is 11.8 Å².